The number of benzene rings is 2. The Labute approximate surface area is 174 Å². The van der Waals surface area contributed by atoms with Gasteiger partial charge in [-0.15, -0.1) is 0 Å². The van der Waals surface area contributed by atoms with Crippen LogP contribution in [-0.2, 0) is 17.7 Å². The Hall–Kier alpha value is -3.06. The van der Waals surface area contributed by atoms with Gasteiger partial charge < -0.3 is 24.7 Å². The van der Waals surface area contributed by atoms with Crippen molar-refractivity contribution in [3.63, 3.8) is 0 Å². The highest BCUT2D eigenvalue weighted by Crippen LogP contribution is 2.32. The second kappa shape index (κ2) is 8.13. The lowest BCUT2D eigenvalue weighted by molar-refractivity contribution is 0.0522. The van der Waals surface area contributed by atoms with Crippen LogP contribution in [0, 0.1) is 0 Å². The topological polar surface area (TPSA) is 66.6 Å². The van der Waals surface area contributed by atoms with Crippen molar-refractivity contribution in [3.8, 4) is 5.75 Å². The van der Waals surface area contributed by atoms with Crippen molar-refractivity contribution in [3.05, 3.63) is 59.3 Å². The number of thiocarbonyl (C=S) groups is 1. The average Bonchev–Trinajstić information content (AvgIpc) is 3.11. The summed E-state index contributed by atoms with van der Waals surface area (Å²) in [6.07, 6.45) is 0.935. The van der Waals surface area contributed by atoms with Gasteiger partial charge in [0.2, 0.25) is 0 Å². The van der Waals surface area contributed by atoms with Gasteiger partial charge in [-0.3, -0.25) is 0 Å². The summed E-state index contributed by atoms with van der Waals surface area (Å²) in [6, 6.07) is 14.0. The van der Waals surface area contributed by atoms with Crippen LogP contribution in [0.4, 0.5) is 5.69 Å². The molecule has 0 spiro atoms. The van der Waals surface area contributed by atoms with E-state index in [1.165, 1.54) is 11.1 Å². The number of nitrogens with one attached hydrogen (secondary N) is 2. The molecule has 3 aromatic rings. The molecule has 4 rings (SSSR count). The number of hydrogen-bond donors (Lipinski definition) is 2. The molecule has 150 valence electrons. The minimum Gasteiger partial charge on any atom is -0.497 e. The number of anilines is 1. The van der Waals surface area contributed by atoms with Crippen LogP contribution in [-0.4, -0.2) is 41.2 Å². The maximum Gasteiger partial charge on any atom is 0.356 e. The van der Waals surface area contributed by atoms with Crippen LogP contribution in [0.1, 0.15) is 28.5 Å². The number of aromatic amines is 1. The van der Waals surface area contributed by atoms with Gasteiger partial charge in [0.1, 0.15) is 11.4 Å². The zero-order chi connectivity index (χ0) is 20.4. The molecule has 0 bridgehead atoms. The number of aromatic nitrogens is 1. The largest absolute Gasteiger partial charge is 0.497 e. The Balaban J connectivity index is 1.66. The molecule has 0 amide bonds. The quantitative estimate of drug-likeness (QED) is 0.499. The van der Waals surface area contributed by atoms with Crippen LogP contribution in [0.3, 0.4) is 0 Å². The first-order valence-corrected chi connectivity index (χ1v) is 10.0. The fourth-order valence-electron chi connectivity index (χ4n) is 3.64. The lowest BCUT2D eigenvalue weighted by atomic mass is 10.0. The molecule has 1 aliphatic heterocycles. The van der Waals surface area contributed by atoms with Gasteiger partial charge in [0, 0.05) is 24.0 Å². The summed E-state index contributed by atoms with van der Waals surface area (Å²) in [7, 11) is 1.61. The van der Waals surface area contributed by atoms with Crippen LogP contribution < -0.4 is 10.1 Å². The monoisotopic (exact) mass is 409 g/mol. The highest BCUT2D eigenvalue weighted by molar-refractivity contribution is 7.80. The number of H-pyrrole nitrogens is 1. The van der Waals surface area contributed by atoms with E-state index >= 15 is 0 Å². The summed E-state index contributed by atoms with van der Waals surface area (Å²) in [5.41, 5.74) is 4.41. The van der Waals surface area contributed by atoms with Gasteiger partial charge in [-0.2, -0.15) is 0 Å². The molecule has 7 heteroatoms. The number of esters is 1. The number of carbonyl (C=O) groups excluding carboxylic acids is 1. The third kappa shape index (κ3) is 3.78. The molecular formula is C22H23N3O3S. The molecule has 0 radical (unpaired) electrons. The van der Waals surface area contributed by atoms with Crippen molar-refractivity contribution in [1.82, 2.24) is 9.88 Å². The molecule has 0 atom stereocenters. The van der Waals surface area contributed by atoms with E-state index in [-0.39, 0.29) is 0 Å². The van der Waals surface area contributed by atoms with Gasteiger partial charge in [0.05, 0.1) is 19.4 Å². The first kappa shape index (κ1) is 19.3. The number of ether oxygens (including phenoxy) is 2. The number of hydrogen-bond acceptors (Lipinski definition) is 4. The van der Waals surface area contributed by atoms with E-state index in [2.05, 4.69) is 33.4 Å². The molecule has 2 aromatic carbocycles. The molecule has 2 N–H and O–H groups in total. The zero-order valence-electron chi connectivity index (χ0n) is 16.5. The predicted octanol–water partition coefficient (Wildman–Crippen LogP) is 4.11. The van der Waals surface area contributed by atoms with Gasteiger partial charge in [0.15, 0.2) is 5.11 Å². The van der Waals surface area contributed by atoms with Gasteiger partial charge in [-0.1, -0.05) is 24.3 Å². The predicted molar refractivity (Wildman–Crippen MR) is 118 cm³/mol. The van der Waals surface area contributed by atoms with E-state index in [0.717, 1.165) is 30.4 Å². The van der Waals surface area contributed by atoms with Crippen LogP contribution in [0.15, 0.2) is 42.5 Å². The van der Waals surface area contributed by atoms with E-state index in [9.17, 15) is 4.79 Å². The van der Waals surface area contributed by atoms with Crippen molar-refractivity contribution in [2.45, 2.75) is 19.9 Å². The van der Waals surface area contributed by atoms with E-state index in [4.69, 9.17) is 21.7 Å². The maximum atomic E-state index is 12.5. The molecule has 6 nitrogen and oxygen atoms in total. The van der Waals surface area contributed by atoms with Crippen LogP contribution in [0.25, 0.3) is 10.9 Å². The van der Waals surface area contributed by atoms with Gasteiger partial charge in [0.25, 0.3) is 0 Å². The highest BCUT2D eigenvalue weighted by Gasteiger charge is 2.23. The van der Waals surface area contributed by atoms with Crippen molar-refractivity contribution in [2.75, 3.05) is 25.6 Å². The molecule has 1 aromatic heterocycles. The smallest absolute Gasteiger partial charge is 0.356 e. The normalized spacial score (nSPS) is 13.1. The van der Waals surface area contributed by atoms with Crippen molar-refractivity contribution < 1.29 is 14.3 Å². The number of carbonyl (C=O) groups is 1. The Kier molecular flexibility index (Phi) is 5.40. The first-order chi connectivity index (χ1) is 14.1. The zero-order valence-corrected chi connectivity index (χ0v) is 17.3. The number of fused-ring (bicyclic) bond motifs is 2. The molecule has 1 aliphatic rings. The van der Waals surface area contributed by atoms with E-state index in [0.29, 0.717) is 28.9 Å². The molecular weight excluding hydrogens is 386 g/mol. The highest BCUT2D eigenvalue weighted by atomic mass is 32.1. The first-order valence-electron chi connectivity index (χ1n) is 9.60. The fourth-order valence-corrected chi connectivity index (χ4v) is 3.90. The van der Waals surface area contributed by atoms with Crippen molar-refractivity contribution in [1.29, 1.82) is 0 Å². The molecule has 2 heterocycles. The van der Waals surface area contributed by atoms with E-state index < -0.39 is 5.97 Å². The van der Waals surface area contributed by atoms with Crippen LogP contribution >= 0.6 is 12.2 Å². The maximum absolute atomic E-state index is 12.5. The van der Waals surface area contributed by atoms with Crippen LogP contribution in [0.2, 0.25) is 0 Å². The number of rotatable bonds is 4. The summed E-state index contributed by atoms with van der Waals surface area (Å²) < 4.78 is 10.6. The van der Waals surface area contributed by atoms with Crippen molar-refractivity contribution >= 4 is 39.9 Å². The fraction of sp³-hybridized carbons (Fsp3) is 0.273. The summed E-state index contributed by atoms with van der Waals surface area (Å²) in [5, 5.41) is 4.70. The van der Waals surface area contributed by atoms with E-state index in [1.54, 1.807) is 14.0 Å². The summed E-state index contributed by atoms with van der Waals surface area (Å²) in [6.45, 7) is 3.64. The van der Waals surface area contributed by atoms with Gasteiger partial charge in [-0.05, 0) is 54.9 Å². The molecule has 0 saturated heterocycles. The standard InChI is InChI=1S/C22H23N3O3S/c1-3-28-21(26)20-19(17-12-16(27-2)8-9-18(17)23-20)24-22(29)25-11-10-14-6-4-5-7-15(14)13-25/h4-9,12,23H,3,10-11,13H2,1-2H3,(H,24,29). The lowest BCUT2D eigenvalue weighted by Crippen LogP contribution is -2.38. The Morgan fingerprint density at radius 2 is 2.03 bits per heavy atom. The molecule has 0 aliphatic carbocycles. The summed E-state index contributed by atoms with van der Waals surface area (Å²) in [4.78, 5) is 17.8. The summed E-state index contributed by atoms with van der Waals surface area (Å²) in [5.74, 6) is 0.282. The summed E-state index contributed by atoms with van der Waals surface area (Å²) >= 11 is 5.70. The minimum absolute atomic E-state index is 0.296. The second-order valence-electron chi connectivity index (χ2n) is 6.88. The Morgan fingerprint density at radius 1 is 1.24 bits per heavy atom. The van der Waals surface area contributed by atoms with E-state index in [1.807, 2.05) is 24.3 Å². The third-order valence-electron chi connectivity index (χ3n) is 5.14. The third-order valence-corrected chi connectivity index (χ3v) is 5.50. The van der Waals surface area contributed by atoms with Gasteiger partial charge >= 0.3 is 5.97 Å². The molecule has 29 heavy (non-hydrogen) atoms. The minimum atomic E-state index is -0.419. The average molecular weight is 410 g/mol. The number of nitrogens with zero attached hydrogens (tertiary/aromatic N) is 1. The van der Waals surface area contributed by atoms with Crippen LogP contribution in [0.5, 0.6) is 5.75 Å². The van der Waals surface area contributed by atoms with Crippen molar-refractivity contribution in [2.24, 2.45) is 0 Å². The molecule has 0 fully saturated rings. The molecule has 0 saturated carbocycles. The SMILES string of the molecule is CCOC(=O)c1[nH]c2ccc(OC)cc2c1NC(=S)N1CCc2ccccc2C1. The number of methoxy groups -OCH3 is 1. The molecule has 0 unspecified atom stereocenters. The Morgan fingerprint density at radius 3 is 2.79 bits per heavy atom. The Bertz CT molecular complexity index is 1080. The lowest BCUT2D eigenvalue weighted by Gasteiger charge is -2.31. The second-order valence-corrected chi connectivity index (χ2v) is 7.26. The van der Waals surface area contributed by atoms with Gasteiger partial charge in [-0.25, -0.2) is 4.79 Å².